The van der Waals surface area contributed by atoms with Gasteiger partial charge < -0.3 is 25.3 Å². The van der Waals surface area contributed by atoms with Gasteiger partial charge in [0.05, 0.1) is 11.9 Å². The topological polar surface area (TPSA) is 79.3 Å². The van der Waals surface area contributed by atoms with Crippen LogP contribution in [0.5, 0.6) is 11.5 Å². The Kier molecular flexibility index (Phi) is 10.1. The molecule has 0 unspecified atom stereocenters. The first kappa shape index (κ1) is 31.2. The van der Waals surface area contributed by atoms with E-state index in [9.17, 15) is 8.78 Å². The Morgan fingerprint density at radius 1 is 0.850 bits per heavy atom. The van der Waals surface area contributed by atoms with Gasteiger partial charge in [0.2, 0.25) is 0 Å². The number of benzene rings is 1. The summed E-state index contributed by atoms with van der Waals surface area (Å²) < 4.78 is 31.6. The normalized spacial score (nSPS) is 12.4. The summed E-state index contributed by atoms with van der Waals surface area (Å²) in [6, 6.07) is 18.3. The molecule has 10 heteroatoms. The van der Waals surface area contributed by atoms with Crippen molar-refractivity contribution in [1.29, 1.82) is 0 Å². The molecule has 0 amide bonds. The molecule has 210 valence electrons. The second-order valence-corrected chi connectivity index (χ2v) is 10.8. The van der Waals surface area contributed by atoms with Crippen molar-refractivity contribution in [2.45, 2.75) is 58.9 Å². The van der Waals surface area contributed by atoms with Crippen molar-refractivity contribution >= 4 is 11.4 Å². The number of para-hydroxylation sites is 2. The fourth-order valence-corrected chi connectivity index (χ4v) is 3.78. The number of ether oxygens (including phenoxy) is 1. The number of hydrogen-bond acceptors (Lipinski definition) is 5. The third-order valence-corrected chi connectivity index (χ3v) is 5.27. The molecule has 7 nitrogen and oxygen atoms in total. The molecule has 0 N–H and O–H groups in total. The van der Waals surface area contributed by atoms with Crippen LogP contribution in [0.2, 0.25) is 0 Å². The van der Waals surface area contributed by atoms with Crippen molar-refractivity contribution in [3.8, 4) is 22.8 Å². The molecule has 1 aromatic carbocycles. The summed E-state index contributed by atoms with van der Waals surface area (Å²) in [5.74, 6) is -0.211. The molecule has 5 rings (SSSR count). The molecule has 0 bridgehead atoms. The Morgan fingerprint density at radius 2 is 1.50 bits per heavy atom. The molecule has 0 atom stereocenters. The molecule has 0 spiro atoms. The van der Waals surface area contributed by atoms with Gasteiger partial charge in [0.25, 0.3) is 0 Å². The number of aromatic nitrogens is 3. The molecule has 40 heavy (non-hydrogen) atoms. The Morgan fingerprint density at radius 3 is 2.12 bits per heavy atom. The van der Waals surface area contributed by atoms with E-state index >= 15 is 0 Å². The summed E-state index contributed by atoms with van der Waals surface area (Å²) in [6.45, 7) is 12.6. The van der Waals surface area contributed by atoms with Gasteiger partial charge in [-0.1, -0.05) is 77.4 Å². The minimum absolute atomic E-state index is 0. The molecule has 4 heterocycles. The van der Waals surface area contributed by atoms with Gasteiger partial charge in [-0.25, -0.2) is 8.78 Å². The minimum Gasteiger partial charge on any atom is -0.656 e. The summed E-state index contributed by atoms with van der Waals surface area (Å²) in [7, 11) is 0. The van der Waals surface area contributed by atoms with Crippen molar-refractivity contribution in [2.75, 3.05) is 4.90 Å². The zero-order valence-corrected chi connectivity index (χ0v) is 25.6. The molecule has 0 fully saturated rings. The minimum atomic E-state index is -0.899. The molecule has 1 aliphatic rings. The molecule has 0 aliphatic carbocycles. The van der Waals surface area contributed by atoms with Crippen molar-refractivity contribution in [3.05, 3.63) is 102 Å². The zero-order valence-electron chi connectivity index (χ0n) is 23.2. The van der Waals surface area contributed by atoms with E-state index in [2.05, 4.69) is 67.5 Å². The third-order valence-electron chi connectivity index (χ3n) is 5.27. The summed E-state index contributed by atoms with van der Waals surface area (Å²) in [4.78, 5) is 13.4. The van der Waals surface area contributed by atoms with Crippen molar-refractivity contribution < 1.29 is 33.6 Å². The van der Waals surface area contributed by atoms with Crippen LogP contribution in [0.15, 0.2) is 73.2 Å². The van der Waals surface area contributed by atoms with E-state index < -0.39 is 11.9 Å². The van der Waals surface area contributed by atoms with Gasteiger partial charge in [-0.05, 0) is 23.9 Å². The van der Waals surface area contributed by atoms with Crippen molar-refractivity contribution in [1.82, 2.24) is 15.0 Å². The van der Waals surface area contributed by atoms with Crippen LogP contribution in [0, 0.1) is 18.0 Å². The summed E-state index contributed by atoms with van der Waals surface area (Å²) >= 11 is 0. The van der Waals surface area contributed by atoms with Gasteiger partial charge >= 0.3 is 20.1 Å². The van der Waals surface area contributed by atoms with Gasteiger partial charge in [-0.2, -0.15) is 6.29 Å². The molecule has 0 saturated carbocycles. The van der Waals surface area contributed by atoms with E-state index in [-0.39, 0.29) is 43.0 Å². The Bertz CT molecular complexity index is 1350. The van der Waals surface area contributed by atoms with Crippen LogP contribution in [0.4, 0.5) is 20.2 Å². The second kappa shape index (κ2) is 12.9. The van der Waals surface area contributed by atoms with E-state index in [4.69, 9.17) is 15.4 Å². The van der Waals surface area contributed by atoms with Crippen LogP contribution < -0.4 is 9.64 Å². The van der Waals surface area contributed by atoms with E-state index in [0.717, 1.165) is 28.9 Å². The van der Waals surface area contributed by atoms with E-state index in [0.29, 0.717) is 5.69 Å². The zero-order chi connectivity index (χ0) is 28.2. The average Bonchev–Trinajstić information content (AvgIpc) is 2.86. The number of nitrogens with zero attached hydrogens (tertiary/aromatic N) is 6. The maximum atomic E-state index is 13.1. The molecule has 1 aliphatic heterocycles. The van der Waals surface area contributed by atoms with Crippen molar-refractivity contribution in [3.63, 3.8) is 0 Å². The number of hydrogen-bond donors (Lipinski definition) is 0. The molecule has 4 aromatic rings. The average molecular weight is 722 g/mol. The first-order valence-electron chi connectivity index (χ1n) is 12.5. The van der Waals surface area contributed by atoms with Gasteiger partial charge in [0, 0.05) is 18.5 Å². The molecular weight excluding hydrogens is 691 g/mol. The Hall–Kier alpha value is -3.30. The standard InChI is InChI=1S/C20H26N4O.C10H5F2N2.Ir/c1-19(2,3)22-18(23-20(4,5)6)24-14-9-7-8-10-16(14)25-17-11-12-21-13-15(17)24;11-9-5-4-7(10(12)14-9)8-3-1-2-6-13-8;/h7-13,18H,1-6H3;1-3,5-6H;/q-2;-1;+3. The first-order valence-corrected chi connectivity index (χ1v) is 12.5. The molecule has 0 saturated heterocycles. The van der Waals surface area contributed by atoms with Crippen LogP contribution in [0.3, 0.4) is 0 Å². The number of halogens is 2. The second-order valence-electron chi connectivity index (χ2n) is 10.8. The molecule has 0 radical (unpaired) electrons. The number of fused-ring (bicyclic) bond motifs is 2. The predicted octanol–water partition coefficient (Wildman–Crippen LogP) is 8.17. The SMILES string of the molecule is CC(C)(C)[N-]C([N-]C(C)(C)C)N1c2ccccc2Oc2ccncc21.Fc1c[c-]c(-c2ccccn2)c(F)n1.[Ir+3]. The first-order chi connectivity index (χ1) is 18.4. The molecular formula is C30H31F2IrN6O. The third kappa shape index (κ3) is 8.11. The van der Waals surface area contributed by atoms with Crippen LogP contribution in [0.1, 0.15) is 41.5 Å². The molecule has 3 aromatic heterocycles. The number of anilines is 2. The predicted molar refractivity (Wildman–Crippen MR) is 149 cm³/mol. The number of pyridine rings is 3. The smallest absolute Gasteiger partial charge is 0.656 e. The number of rotatable bonds is 4. The monoisotopic (exact) mass is 722 g/mol. The van der Waals surface area contributed by atoms with E-state index in [1.54, 1.807) is 24.4 Å². The maximum Gasteiger partial charge on any atom is 3.00 e. The van der Waals surface area contributed by atoms with E-state index in [1.807, 2.05) is 36.5 Å². The van der Waals surface area contributed by atoms with Gasteiger partial charge in [0.15, 0.2) is 11.5 Å². The van der Waals surface area contributed by atoms with Crippen molar-refractivity contribution in [2.24, 2.45) is 0 Å². The van der Waals surface area contributed by atoms with Crippen LogP contribution in [-0.2, 0) is 20.1 Å². The fourth-order valence-electron chi connectivity index (χ4n) is 3.78. The Labute approximate surface area is 247 Å². The van der Waals surface area contributed by atoms with Crippen LogP contribution in [0.25, 0.3) is 21.9 Å². The Balaban J connectivity index is 0.000000250. The summed E-state index contributed by atoms with van der Waals surface area (Å²) in [6.07, 6.45) is 4.70. The summed E-state index contributed by atoms with van der Waals surface area (Å²) in [5, 5.41) is 9.98. The maximum absolute atomic E-state index is 13.1. The largest absolute Gasteiger partial charge is 3.00 e. The van der Waals surface area contributed by atoms with Gasteiger partial charge in [0.1, 0.15) is 17.6 Å². The van der Waals surface area contributed by atoms with Gasteiger partial charge in [-0.3, -0.25) is 9.97 Å². The quantitative estimate of drug-likeness (QED) is 0.157. The van der Waals surface area contributed by atoms with Crippen LogP contribution >= 0.6 is 0 Å². The van der Waals surface area contributed by atoms with E-state index in [1.165, 1.54) is 6.20 Å². The van der Waals surface area contributed by atoms with Crippen LogP contribution in [-0.4, -0.2) is 32.3 Å². The van der Waals surface area contributed by atoms with Gasteiger partial charge in [-0.15, -0.1) is 17.1 Å². The fraction of sp³-hybridized carbons (Fsp3) is 0.300. The summed E-state index contributed by atoms with van der Waals surface area (Å²) in [5.41, 5.74) is 1.84.